The molecule has 4 rings (SSSR count). The quantitative estimate of drug-likeness (QED) is 0.898. The first kappa shape index (κ1) is 16.9. The van der Waals surface area contributed by atoms with E-state index in [1.807, 2.05) is 49.7 Å². The summed E-state index contributed by atoms with van der Waals surface area (Å²) in [5.74, 6) is -0.0241. The number of amides is 2. The van der Waals surface area contributed by atoms with Crippen molar-refractivity contribution in [1.29, 1.82) is 0 Å². The van der Waals surface area contributed by atoms with E-state index in [0.717, 1.165) is 24.2 Å². The SMILES string of the molecule is CC(C)(C)OC(=O)N1CCC2(CC2C(=O)Nc2ccc3nccn3c2)C1. The van der Waals surface area contributed by atoms with Crippen LogP contribution in [0.25, 0.3) is 5.65 Å². The van der Waals surface area contributed by atoms with Crippen molar-refractivity contribution in [3.8, 4) is 0 Å². The number of carbonyl (C=O) groups is 2. The normalized spacial score (nSPS) is 24.9. The Morgan fingerprint density at radius 1 is 1.35 bits per heavy atom. The van der Waals surface area contributed by atoms with Gasteiger partial charge in [-0.2, -0.15) is 0 Å². The predicted octanol–water partition coefficient (Wildman–Crippen LogP) is 2.92. The fourth-order valence-electron chi connectivity index (χ4n) is 3.77. The summed E-state index contributed by atoms with van der Waals surface area (Å²) in [6, 6.07) is 3.73. The molecular weight excluding hydrogens is 332 g/mol. The molecule has 3 heterocycles. The third-order valence-electron chi connectivity index (χ3n) is 5.20. The van der Waals surface area contributed by atoms with Gasteiger partial charge in [-0.1, -0.05) is 0 Å². The highest BCUT2D eigenvalue weighted by Gasteiger charge is 2.61. The van der Waals surface area contributed by atoms with Crippen molar-refractivity contribution < 1.29 is 14.3 Å². The van der Waals surface area contributed by atoms with Gasteiger partial charge in [0.25, 0.3) is 0 Å². The van der Waals surface area contributed by atoms with Crippen molar-refractivity contribution in [2.75, 3.05) is 18.4 Å². The molecule has 1 aliphatic carbocycles. The van der Waals surface area contributed by atoms with Gasteiger partial charge in [0.2, 0.25) is 5.91 Å². The Morgan fingerprint density at radius 2 is 2.15 bits per heavy atom. The zero-order chi connectivity index (χ0) is 18.5. The van der Waals surface area contributed by atoms with Crippen molar-refractivity contribution >= 4 is 23.3 Å². The van der Waals surface area contributed by atoms with E-state index in [2.05, 4.69) is 10.3 Å². The van der Waals surface area contributed by atoms with E-state index in [0.29, 0.717) is 13.1 Å². The number of fused-ring (bicyclic) bond motifs is 1. The number of imidazole rings is 1. The lowest BCUT2D eigenvalue weighted by atomic mass is 10.0. The molecule has 2 atom stereocenters. The Labute approximate surface area is 152 Å². The van der Waals surface area contributed by atoms with Crippen molar-refractivity contribution in [3.63, 3.8) is 0 Å². The number of pyridine rings is 1. The minimum absolute atomic E-state index is 0.0236. The van der Waals surface area contributed by atoms with Crippen molar-refractivity contribution in [2.24, 2.45) is 11.3 Å². The molecule has 0 bridgehead atoms. The maximum Gasteiger partial charge on any atom is 0.410 e. The van der Waals surface area contributed by atoms with Crippen LogP contribution >= 0.6 is 0 Å². The van der Waals surface area contributed by atoms with Crippen LogP contribution in [0.3, 0.4) is 0 Å². The Morgan fingerprint density at radius 3 is 2.92 bits per heavy atom. The highest BCUT2D eigenvalue weighted by molar-refractivity contribution is 5.95. The smallest absolute Gasteiger partial charge is 0.410 e. The lowest BCUT2D eigenvalue weighted by Crippen LogP contribution is -2.35. The summed E-state index contributed by atoms with van der Waals surface area (Å²) in [6.45, 7) is 6.84. The minimum atomic E-state index is -0.501. The molecule has 1 saturated carbocycles. The molecule has 7 heteroatoms. The van der Waals surface area contributed by atoms with Crippen molar-refractivity contribution in [3.05, 3.63) is 30.7 Å². The second-order valence-electron chi connectivity index (χ2n) is 8.37. The molecule has 1 aliphatic heterocycles. The van der Waals surface area contributed by atoms with Gasteiger partial charge in [0.15, 0.2) is 0 Å². The largest absolute Gasteiger partial charge is 0.444 e. The molecule has 2 aromatic rings. The van der Waals surface area contributed by atoms with Crippen LogP contribution in [0.1, 0.15) is 33.6 Å². The van der Waals surface area contributed by atoms with E-state index < -0.39 is 5.60 Å². The maximum atomic E-state index is 12.6. The number of hydrogen-bond acceptors (Lipinski definition) is 4. The van der Waals surface area contributed by atoms with Crippen LogP contribution in [0.15, 0.2) is 30.7 Å². The van der Waals surface area contributed by atoms with Gasteiger partial charge in [-0.05, 0) is 45.7 Å². The lowest BCUT2D eigenvalue weighted by molar-refractivity contribution is -0.118. The summed E-state index contributed by atoms with van der Waals surface area (Å²) in [4.78, 5) is 30.8. The standard InChI is InChI=1S/C19H24N4O3/c1-18(2,3)26-17(25)23-8-6-19(12-23)10-14(19)16(24)21-13-4-5-15-20-7-9-22(15)11-13/h4-5,7,9,11,14H,6,8,10,12H2,1-3H3,(H,21,24). The van der Waals surface area contributed by atoms with Crippen LogP contribution in [-0.2, 0) is 9.53 Å². The first-order valence-electron chi connectivity index (χ1n) is 8.97. The van der Waals surface area contributed by atoms with Gasteiger partial charge in [0, 0.05) is 43.0 Å². The first-order valence-corrected chi connectivity index (χ1v) is 8.97. The number of nitrogens with one attached hydrogen (secondary N) is 1. The van der Waals surface area contributed by atoms with E-state index in [1.165, 1.54) is 0 Å². The number of likely N-dealkylation sites (tertiary alicyclic amines) is 1. The number of hydrogen-bond donors (Lipinski definition) is 1. The fraction of sp³-hybridized carbons (Fsp3) is 0.526. The number of rotatable bonds is 2. The topological polar surface area (TPSA) is 75.9 Å². The van der Waals surface area contributed by atoms with Crippen LogP contribution < -0.4 is 5.32 Å². The van der Waals surface area contributed by atoms with Gasteiger partial charge in [-0.25, -0.2) is 9.78 Å². The molecule has 0 radical (unpaired) electrons. The molecule has 2 aliphatic rings. The summed E-state index contributed by atoms with van der Waals surface area (Å²) in [5, 5.41) is 3.00. The minimum Gasteiger partial charge on any atom is -0.444 e. The summed E-state index contributed by atoms with van der Waals surface area (Å²) in [6.07, 6.45) is 6.82. The third kappa shape index (κ3) is 3.13. The number of ether oxygens (including phenoxy) is 1. The van der Waals surface area contributed by atoms with Crippen LogP contribution in [0.4, 0.5) is 10.5 Å². The van der Waals surface area contributed by atoms with Crippen molar-refractivity contribution in [2.45, 2.75) is 39.2 Å². The number of nitrogens with zero attached hydrogens (tertiary/aromatic N) is 3. The first-order chi connectivity index (χ1) is 12.3. The molecule has 1 N–H and O–H groups in total. The molecule has 7 nitrogen and oxygen atoms in total. The van der Waals surface area contributed by atoms with Crippen LogP contribution in [-0.4, -0.2) is 45.0 Å². The average Bonchev–Trinajstić information content (AvgIpc) is 2.89. The molecule has 26 heavy (non-hydrogen) atoms. The summed E-state index contributed by atoms with van der Waals surface area (Å²) < 4.78 is 7.32. The molecular formula is C19H24N4O3. The second kappa shape index (κ2) is 5.72. The van der Waals surface area contributed by atoms with E-state index in [4.69, 9.17) is 4.74 Å². The van der Waals surface area contributed by atoms with Gasteiger partial charge in [0.05, 0.1) is 5.69 Å². The predicted molar refractivity (Wildman–Crippen MR) is 96.8 cm³/mol. The number of carbonyl (C=O) groups excluding carboxylic acids is 2. The van der Waals surface area contributed by atoms with Gasteiger partial charge in [0.1, 0.15) is 11.2 Å². The molecule has 1 saturated heterocycles. The molecule has 1 spiro atoms. The van der Waals surface area contributed by atoms with Crippen LogP contribution in [0, 0.1) is 11.3 Å². The maximum absolute atomic E-state index is 12.6. The van der Waals surface area contributed by atoms with E-state index in [9.17, 15) is 9.59 Å². The molecule has 138 valence electrons. The Bertz CT molecular complexity index is 869. The monoisotopic (exact) mass is 356 g/mol. The summed E-state index contributed by atoms with van der Waals surface area (Å²) in [5.41, 5.74) is 1.01. The second-order valence-corrected chi connectivity index (χ2v) is 8.37. The molecule has 2 aromatic heterocycles. The highest BCUT2D eigenvalue weighted by atomic mass is 16.6. The number of aromatic nitrogens is 2. The van der Waals surface area contributed by atoms with Gasteiger partial charge < -0.3 is 19.4 Å². The van der Waals surface area contributed by atoms with Crippen LogP contribution in [0.2, 0.25) is 0 Å². The molecule has 0 aromatic carbocycles. The summed E-state index contributed by atoms with van der Waals surface area (Å²) in [7, 11) is 0. The van der Waals surface area contributed by atoms with Gasteiger partial charge in [-0.15, -0.1) is 0 Å². The van der Waals surface area contributed by atoms with Gasteiger partial charge >= 0.3 is 6.09 Å². The highest BCUT2D eigenvalue weighted by Crippen LogP contribution is 2.58. The zero-order valence-corrected chi connectivity index (χ0v) is 15.4. The lowest BCUT2D eigenvalue weighted by Gasteiger charge is -2.24. The number of anilines is 1. The van der Waals surface area contributed by atoms with Crippen molar-refractivity contribution in [1.82, 2.24) is 14.3 Å². The zero-order valence-electron chi connectivity index (χ0n) is 15.4. The Kier molecular flexibility index (Phi) is 3.71. The Hall–Kier alpha value is -2.57. The van der Waals surface area contributed by atoms with E-state index in [1.54, 1.807) is 11.1 Å². The fourth-order valence-corrected chi connectivity index (χ4v) is 3.77. The molecule has 2 fully saturated rings. The average molecular weight is 356 g/mol. The molecule has 2 unspecified atom stereocenters. The van der Waals surface area contributed by atoms with Gasteiger partial charge in [-0.3, -0.25) is 4.79 Å². The Balaban J connectivity index is 1.37. The van der Waals surface area contributed by atoms with Crippen LogP contribution in [0.5, 0.6) is 0 Å². The van der Waals surface area contributed by atoms with E-state index >= 15 is 0 Å². The third-order valence-corrected chi connectivity index (χ3v) is 5.20. The van der Waals surface area contributed by atoms with E-state index in [-0.39, 0.29) is 23.3 Å². The molecule has 2 amide bonds. The summed E-state index contributed by atoms with van der Waals surface area (Å²) >= 11 is 0.